The molecule has 0 aliphatic heterocycles. The van der Waals surface area contributed by atoms with Crippen molar-refractivity contribution in [1.82, 2.24) is 10.3 Å². The molecule has 0 aliphatic carbocycles. The van der Waals surface area contributed by atoms with Crippen molar-refractivity contribution >= 4 is 0 Å². The highest BCUT2D eigenvalue weighted by Gasteiger charge is 2.00. The molecule has 0 unspecified atom stereocenters. The van der Waals surface area contributed by atoms with E-state index in [1.807, 2.05) is 26.2 Å². The van der Waals surface area contributed by atoms with Gasteiger partial charge in [-0.15, -0.1) is 0 Å². The molecule has 0 saturated heterocycles. The number of pyridine rings is 1. The smallest absolute Gasteiger partial charge is 0.213 e. The number of nitrogens with one attached hydrogen (secondary N) is 1. The van der Waals surface area contributed by atoms with E-state index in [0.29, 0.717) is 12.5 Å². The molecule has 0 amide bonds. The summed E-state index contributed by atoms with van der Waals surface area (Å²) in [6.45, 7) is 5.54. The normalized spacial score (nSPS) is 10.1. The number of hydrogen-bond acceptors (Lipinski definition) is 3. The van der Waals surface area contributed by atoms with E-state index < -0.39 is 0 Å². The second-order valence-corrected chi connectivity index (χ2v) is 2.91. The van der Waals surface area contributed by atoms with Crippen LogP contribution in [0.4, 0.5) is 0 Å². The second-order valence-electron chi connectivity index (χ2n) is 2.91. The third-order valence-corrected chi connectivity index (χ3v) is 1.85. The maximum atomic E-state index is 5.29. The maximum absolute atomic E-state index is 5.29. The maximum Gasteiger partial charge on any atom is 0.213 e. The first-order valence-electron chi connectivity index (χ1n) is 4.50. The highest BCUT2D eigenvalue weighted by Crippen LogP contribution is 2.13. The quantitative estimate of drug-likeness (QED) is 0.762. The fourth-order valence-corrected chi connectivity index (χ4v) is 1.16. The summed E-state index contributed by atoms with van der Waals surface area (Å²) in [6.07, 6.45) is 1.86. The second kappa shape index (κ2) is 4.82. The summed E-state index contributed by atoms with van der Waals surface area (Å²) >= 11 is 0. The van der Waals surface area contributed by atoms with Gasteiger partial charge in [0, 0.05) is 18.8 Å². The van der Waals surface area contributed by atoms with Crippen molar-refractivity contribution in [2.75, 3.05) is 13.7 Å². The zero-order valence-electron chi connectivity index (χ0n) is 8.42. The van der Waals surface area contributed by atoms with Gasteiger partial charge in [0.1, 0.15) is 0 Å². The predicted octanol–water partition coefficient (Wildman–Crippen LogP) is 1.51. The van der Waals surface area contributed by atoms with E-state index in [0.717, 1.165) is 6.54 Å². The molecular formula is C10H16N2O. The SMILES string of the molecule is CCOc1cc(C)c(CNC)cn1. The molecule has 1 aromatic heterocycles. The lowest BCUT2D eigenvalue weighted by molar-refractivity contribution is 0.326. The fraction of sp³-hybridized carbons (Fsp3) is 0.500. The van der Waals surface area contributed by atoms with Gasteiger partial charge in [0.05, 0.1) is 6.61 Å². The summed E-state index contributed by atoms with van der Waals surface area (Å²) in [7, 11) is 1.93. The lowest BCUT2D eigenvalue weighted by Gasteiger charge is -2.07. The summed E-state index contributed by atoms with van der Waals surface area (Å²) in [4.78, 5) is 4.19. The molecule has 0 saturated carbocycles. The standard InChI is InChI=1S/C10H16N2O/c1-4-13-10-5-8(2)9(6-11-3)7-12-10/h5,7,11H,4,6H2,1-3H3. The monoisotopic (exact) mass is 180 g/mol. The Morgan fingerprint density at radius 1 is 1.54 bits per heavy atom. The van der Waals surface area contributed by atoms with Crippen molar-refractivity contribution in [1.29, 1.82) is 0 Å². The zero-order chi connectivity index (χ0) is 9.68. The number of aryl methyl sites for hydroxylation is 1. The molecule has 72 valence electrons. The minimum Gasteiger partial charge on any atom is -0.478 e. The van der Waals surface area contributed by atoms with Gasteiger partial charge in [-0.05, 0) is 32.0 Å². The van der Waals surface area contributed by atoms with Gasteiger partial charge < -0.3 is 10.1 Å². The number of hydrogen-bond donors (Lipinski definition) is 1. The Kier molecular flexibility index (Phi) is 3.71. The van der Waals surface area contributed by atoms with E-state index in [4.69, 9.17) is 4.74 Å². The van der Waals surface area contributed by atoms with E-state index >= 15 is 0 Å². The fourth-order valence-electron chi connectivity index (χ4n) is 1.16. The van der Waals surface area contributed by atoms with Gasteiger partial charge in [-0.1, -0.05) is 0 Å². The molecule has 0 fully saturated rings. The molecule has 13 heavy (non-hydrogen) atoms. The number of nitrogens with zero attached hydrogens (tertiary/aromatic N) is 1. The van der Waals surface area contributed by atoms with Crippen LogP contribution in [0.25, 0.3) is 0 Å². The van der Waals surface area contributed by atoms with Crippen LogP contribution in [-0.4, -0.2) is 18.6 Å². The molecule has 1 rings (SSSR count). The summed E-state index contributed by atoms with van der Waals surface area (Å²) in [5.41, 5.74) is 2.43. The van der Waals surface area contributed by atoms with Gasteiger partial charge in [0.2, 0.25) is 5.88 Å². The van der Waals surface area contributed by atoms with E-state index in [9.17, 15) is 0 Å². The third kappa shape index (κ3) is 2.70. The summed E-state index contributed by atoms with van der Waals surface area (Å²) in [5, 5.41) is 3.10. The van der Waals surface area contributed by atoms with Gasteiger partial charge in [-0.25, -0.2) is 4.98 Å². The van der Waals surface area contributed by atoms with Gasteiger partial charge in [-0.3, -0.25) is 0 Å². The lowest BCUT2D eigenvalue weighted by atomic mass is 10.1. The minimum atomic E-state index is 0.664. The Balaban J connectivity index is 2.79. The summed E-state index contributed by atoms with van der Waals surface area (Å²) in [6, 6.07) is 1.97. The number of aromatic nitrogens is 1. The molecule has 0 spiro atoms. The average Bonchev–Trinajstić information content (AvgIpc) is 2.10. The topological polar surface area (TPSA) is 34.1 Å². The van der Waals surface area contributed by atoms with E-state index in [1.165, 1.54) is 11.1 Å². The Morgan fingerprint density at radius 2 is 2.31 bits per heavy atom. The number of ether oxygens (including phenoxy) is 1. The first kappa shape index (κ1) is 9.99. The number of rotatable bonds is 4. The van der Waals surface area contributed by atoms with Crippen molar-refractivity contribution in [3.8, 4) is 5.88 Å². The average molecular weight is 180 g/mol. The molecule has 0 aliphatic rings. The minimum absolute atomic E-state index is 0.664. The Morgan fingerprint density at radius 3 is 2.85 bits per heavy atom. The Labute approximate surface area is 79.1 Å². The summed E-state index contributed by atoms with van der Waals surface area (Å²) in [5.74, 6) is 0.708. The van der Waals surface area contributed by atoms with Gasteiger partial charge in [0.15, 0.2) is 0 Å². The van der Waals surface area contributed by atoms with Crippen LogP contribution in [0, 0.1) is 6.92 Å². The van der Waals surface area contributed by atoms with Crippen LogP contribution < -0.4 is 10.1 Å². The third-order valence-electron chi connectivity index (χ3n) is 1.85. The van der Waals surface area contributed by atoms with Crippen molar-refractivity contribution in [3.05, 3.63) is 23.4 Å². The summed E-state index contributed by atoms with van der Waals surface area (Å²) < 4.78 is 5.29. The predicted molar refractivity (Wildman–Crippen MR) is 52.9 cm³/mol. The molecule has 0 aromatic carbocycles. The highest BCUT2D eigenvalue weighted by molar-refractivity contribution is 5.27. The molecule has 0 radical (unpaired) electrons. The van der Waals surface area contributed by atoms with E-state index in [1.54, 1.807) is 0 Å². The van der Waals surface area contributed by atoms with Gasteiger partial charge in [-0.2, -0.15) is 0 Å². The van der Waals surface area contributed by atoms with Crippen molar-refractivity contribution in [2.24, 2.45) is 0 Å². The largest absolute Gasteiger partial charge is 0.478 e. The van der Waals surface area contributed by atoms with Crippen LogP contribution in [0.15, 0.2) is 12.3 Å². The molecule has 3 nitrogen and oxygen atoms in total. The zero-order valence-corrected chi connectivity index (χ0v) is 8.42. The lowest BCUT2D eigenvalue weighted by Crippen LogP contribution is -2.07. The van der Waals surface area contributed by atoms with Crippen LogP contribution >= 0.6 is 0 Å². The molecule has 1 heterocycles. The first-order chi connectivity index (χ1) is 6.27. The van der Waals surface area contributed by atoms with E-state index in [-0.39, 0.29) is 0 Å². The molecule has 3 heteroatoms. The highest BCUT2D eigenvalue weighted by atomic mass is 16.5. The van der Waals surface area contributed by atoms with Crippen LogP contribution in [-0.2, 0) is 6.54 Å². The Bertz CT molecular complexity index is 274. The molecule has 1 N–H and O–H groups in total. The van der Waals surface area contributed by atoms with Crippen LogP contribution in [0.3, 0.4) is 0 Å². The van der Waals surface area contributed by atoms with Gasteiger partial charge >= 0.3 is 0 Å². The van der Waals surface area contributed by atoms with E-state index in [2.05, 4.69) is 17.2 Å². The van der Waals surface area contributed by atoms with Crippen molar-refractivity contribution < 1.29 is 4.74 Å². The van der Waals surface area contributed by atoms with Crippen molar-refractivity contribution in [3.63, 3.8) is 0 Å². The molecule has 1 aromatic rings. The van der Waals surface area contributed by atoms with Crippen LogP contribution in [0.1, 0.15) is 18.1 Å². The van der Waals surface area contributed by atoms with Crippen LogP contribution in [0.2, 0.25) is 0 Å². The first-order valence-corrected chi connectivity index (χ1v) is 4.50. The Hall–Kier alpha value is -1.09. The molecular weight excluding hydrogens is 164 g/mol. The van der Waals surface area contributed by atoms with Crippen molar-refractivity contribution in [2.45, 2.75) is 20.4 Å². The van der Waals surface area contributed by atoms with Crippen LogP contribution in [0.5, 0.6) is 5.88 Å². The van der Waals surface area contributed by atoms with Gasteiger partial charge in [0.25, 0.3) is 0 Å². The molecule has 0 atom stereocenters. The molecule has 0 bridgehead atoms.